The summed E-state index contributed by atoms with van der Waals surface area (Å²) < 4.78 is 5.92. The van der Waals surface area contributed by atoms with Crippen LogP contribution in [0.5, 0.6) is 5.75 Å². The summed E-state index contributed by atoms with van der Waals surface area (Å²) >= 11 is 0. The van der Waals surface area contributed by atoms with E-state index in [1.807, 2.05) is 13.4 Å². The summed E-state index contributed by atoms with van der Waals surface area (Å²) in [4.78, 5) is 6.67. The van der Waals surface area contributed by atoms with Crippen molar-refractivity contribution in [2.24, 2.45) is 4.99 Å². The average molecular weight is 308 g/mol. The smallest absolute Gasteiger partial charge is 0.125 e. The van der Waals surface area contributed by atoms with E-state index < -0.39 is 0 Å². The molecule has 1 unspecified atom stereocenters. The Hall–Kier alpha value is -2.29. The van der Waals surface area contributed by atoms with Gasteiger partial charge in [-0.3, -0.25) is 0 Å². The van der Waals surface area contributed by atoms with Crippen LogP contribution in [-0.2, 0) is 0 Å². The fourth-order valence-corrected chi connectivity index (χ4v) is 2.95. The molecule has 23 heavy (non-hydrogen) atoms. The highest BCUT2D eigenvalue weighted by Gasteiger charge is 2.24. The first-order valence-corrected chi connectivity index (χ1v) is 8.25. The molecule has 0 fully saturated rings. The monoisotopic (exact) mass is 308 g/mol. The summed E-state index contributed by atoms with van der Waals surface area (Å²) in [6, 6.07) is 15.0. The van der Waals surface area contributed by atoms with Gasteiger partial charge in [0.15, 0.2) is 0 Å². The lowest BCUT2D eigenvalue weighted by atomic mass is 9.86. The zero-order chi connectivity index (χ0) is 16.2. The minimum Gasteiger partial charge on any atom is -0.493 e. The van der Waals surface area contributed by atoms with E-state index in [1.165, 1.54) is 16.7 Å². The van der Waals surface area contributed by atoms with Crippen molar-refractivity contribution in [3.05, 3.63) is 59.2 Å². The van der Waals surface area contributed by atoms with Crippen molar-refractivity contribution < 1.29 is 4.74 Å². The third-order valence-corrected chi connectivity index (χ3v) is 4.46. The molecule has 0 saturated carbocycles. The predicted octanol–water partition coefficient (Wildman–Crippen LogP) is 4.52. The Morgan fingerprint density at radius 2 is 2.04 bits per heavy atom. The molecule has 1 aliphatic rings. The second kappa shape index (κ2) is 6.86. The molecule has 0 aliphatic carbocycles. The van der Waals surface area contributed by atoms with Crippen LogP contribution in [0, 0.1) is 6.92 Å². The molecular weight excluding hydrogens is 284 g/mol. The van der Waals surface area contributed by atoms with Crippen LogP contribution in [0.15, 0.2) is 47.5 Å². The second-order valence-corrected chi connectivity index (χ2v) is 6.09. The Balaban J connectivity index is 1.96. The van der Waals surface area contributed by atoms with Gasteiger partial charge in [-0.2, -0.15) is 0 Å². The summed E-state index contributed by atoms with van der Waals surface area (Å²) in [5, 5.41) is 0. The van der Waals surface area contributed by atoms with E-state index in [1.54, 1.807) is 0 Å². The Morgan fingerprint density at radius 3 is 2.78 bits per heavy atom. The Bertz CT molecular complexity index is 694. The van der Waals surface area contributed by atoms with Crippen molar-refractivity contribution in [1.82, 2.24) is 4.90 Å². The summed E-state index contributed by atoms with van der Waals surface area (Å²) in [6.07, 6.45) is 2.91. The third kappa shape index (κ3) is 3.39. The summed E-state index contributed by atoms with van der Waals surface area (Å²) in [7, 11) is 2.03. The van der Waals surface area contributed by atoms with Gasteiger partial charge in [0, 0.05) is 31.1 Å². The number of hydrogen-bond acceptors (Lipinski definition) is 2. The highest BCUT2D eigenvalue weighted by atomic mass is 16.5. The van der Waals surface area contributed by atoms with E-state index in [2.05, 4.69) is 66.2 Å². The number of ether oxygens (including phenoxy) is 1. The molecule has 1 atom stereocenters. The molecule has 120 valence electrons. The zero-order valence-electron chi connectivity index (χ0n) is 14.1. The normalized spacial score (nSPS) is 16.9. The molecule has 3 nitrogen and oxygen atoms in total. The number of rotatable bonds is 4. The summed E-state index contributed by atoms with van der Waals surface area (Å²) in [6.45, 7) is 5.93. The first-order valence-electron chi connectivity index (χ1n) is 8.25. The van der Waals surface area contributed by atoms with E-state index in [-0.39, 0.29) is 0 Å². The second-order valence-electron chi connectivity index (χ2n) is 6.09. The van der Waals surface area contributed by atoms with Gasteiger partial charge in [-0.1, -0.05) is 30.3 Å². The van der Waals surface area contributed by atoms with E-state index in [4.69, 9.17) is 4.74 Å². The standard InChI is InChI=1S/C20H24N2O/c1-4-22(3)14-21-19-13-20-18(12-15(19)2)17(10-11-23-20)16-8-6-5-7-9-16/h5-9,12-14,17H,4,10-11H2,1-3H3/b21-14+. The van der Waals surface area contributed by atoms with Gasteiger partial charge in [-0.05, 0) is 37.5 Å². The van der Waals surface area contributed by atoms with Crippen molar-refractivity contribution in [2.45, 2.75) is 26.2 Å². The van der Waals surface area contributed by atoms with Crippen LogP contribution in [0.1, 0.15) is 36.0 Å². The van der Waals surface area contributed by atoms with Gasteiger partial charge in [-0.15, -0.1) is 0 Å². The minimum atomic E-state index is 0.412. The molecule has 0 N–H and O–H groups in total. The first kappa shape index (κ1) is 15.6. The molecule has 0 bridgehead atoms. The number of aliphatic imine (C=N–C) groups is 1. The highest BCUT2D eigenvalue weighted by molar-refractivity contribution is 5.65. The average Bonchev–Trinajstić information content (AvgIpc) is 2.60. The van der Waals surface area contributed by atoms with E-state index in [0.29, 0.717) is 5.92 Å². The van der Waals surface area contributed by atoms with Crippen LogP contribution in [0.3, 0.4) is 0 Å². The van der Waals surface area contributed by atoms with Crippen molar-refractivity contribution >= 4 is 12.0 Å². The number of nitrogens with zero attached hydrogens (tertiary/aromatic N) is 2. The topological polar surface area (TPSA) is 24.8 Å². The minimum absolute atomic E-state index is 0.412. The number of benzene rings is 2. The van der Waals surface area contributed by atoms with E-state index in [0.717, 1.165) is 31.0 Å². The van der Waals surface area contributed by atoms with Gasteiger partial charge >= 0.3 is 0 Å². The number of fused-ring (bicyclic) bond motifs is 1. The van der Waals surface area contributed by atoms with Gasteiger partial charge in [0.05, 0.1) is 18.6 Å². The number of aryl methyl sites for hydroxylation is 1. The molecule has 1 heterocycles. The Kier molecular flexibility index (Phi) is 4.65. The van der Waals surface area contributed by atoms with Gasteiger partial charge in [0.1, 0.15) is 5.75 Å². The lowest BCUT2D eigenvalue weighted by molar-refractivity contribution is 0.277. The SMILES string of the molecule is CCN(C)/C=N/c1cc2c(cc1C)C(c1ccccc1)CCO2. The maximum atomic E-state index is 5.92. The van der Waals surface area contributed by atoms with E-state index in [9.17, 15) is 0 Å². The fraction of sp³-hybridized carbons (Fsp3) is 0.350. The highest BCUT2D eigenvalue weighted by Crippen LogP contribution is 2.41. The quantitative estimate of drug-likeness (QED) is 0.613. The maximum absolute atomic E-state index is 5.92. The van der Waals surface area contributed by atoms with E-state index >= 15 is 0 Å². The van der Waals surface area contributed by atoms with Crippen molar-refractivity contribution in [3.63, 3.8) is 0 Å². The lowest BCUT2D eigenvalue weighted by Crippen LogP contribution is -2.16. The maximum Gasteiger partial charge on any atom is 0.125 e. The molecular formula is C20H24N2O. The van der Waals surface area contributed by atoms with Crippen LogP contribution in [0.4, 0.5) is 5.69 Å². The zero-order valence-corrected chi connectivity index (χ0v) is 14.1. The van der Waals surface area contributed by atoms with Crippen LogP contribution < -0.4 is 4.74 Å². The predicted molar refractivity (Wildman–Crippen MR) is 96.0 cm³/mol. The lowest BCUT2D eigenvalue weighted by Gasteiger charge is -2.27. The van der Waals surface area contributed by atoms with Gasteiger partial charge in [0.25, 0.3) is 0 Å². The van der Waals surface area contributed by atoms with Crippen molar-refractivity contribution in [1.29, 1.82) is 0 Å². The van der Waals surface area contributed by atoms with Crippen LogP contribution in [-0.4, -0.2) is 31.4 Å². The van der Waals surface area contributed by atoms with Gasteiger partial charge in [-0.25, -0.2) is 4.99 Å². The molecule has 3 heteroatoms. The van der Waals surface area contributed by atoms with Crippen LogP contribution in [0.25, 0.3) is 0 Å². The molecule has 2 aromatic carbocycles. The van der Waals surface area contributed by atoms with Gasteiger partial charge < -0.3 is 9.64 Å². The molecule has 0 radical (unpaired) electrons. The fourth-order valence-electron chi connectivity index (χ4n) is 2.95. The van der Waals surface area contributed by atoms with Crippen molar-refractivity contribution in [3.8, 4) is 5.75 Å². The molecule has 0 aromatic heterocycles. The largest absolute Gasteiger partial charge is 0.493 e. The molecule has 0 spiro atoms. The summed E-state index contributed by atoms with van der Waals surface area (Å²) in [5.74, 6) is 1.39. The summed E-state index contributed by atoms with van der Waals surface area (Å²) in [5.41, 5.74) is 4.81. The molecule has 2 aromatic rings. The molecule has 3 rings (SSSR count). The molecule has 0 saturated heterocycles. The first-order chi connectivity index (χ1) is 11.2. The molecule has 0 amide bonds. The van der Waals surface area contributed by atoms with Gasteiger partial charge in [0.2, 0.25) is 0 Å². The van der Waals surface area contributed by atoms with Crippen LogP contribution >= 0.6 is 0 Å². The Labute approximate surface area is 138 Å². The third-order valence-electron chi connectivity index (χ3n) is 4.46. The molecule has 1 aliphatic heterocycles. The van der Waals surface area contributed by atoms with Crippen molar-refractivity contribution in [2.75, 3.05) is 20.2 Å². The Morgan fingerprint density at radius 1 is 1.26 bits per heavy atom. The van der Waals surface area contributed by atoms with Crippen LogP contribution in [0.2, 0.25) is 0 Å². The number of hydrogen-bond donors (Lipinski definition) is 0.